The molecule has 160 valence electrons. The second-order valence-electron chi connectivity index (χ2n) is 7.56. The van der Waals surface area contributed by atoms with Gasteiger partial charge in [0.25, 0.3) is 0 Å². The number of halogens is 5. The molecule has 0 saturated heterocycles. The van der Waals surface area contributed by atoms with Crippen molar-refractivity contribution in [2.24, 2.45) is 10.9 Å². The van der Waals surface area contributed by atoms with E-state index in [2.05, 4.69) is 15.2 Å². The molecule has 0 aliphatic heterocycles. The summed E-state index contributed by atoms with van der Waals surface area (Å²) in [4.78, 5) is 4.07. The number of aliphatic imine (C=N–C) groups is 1. The van der Waals surface area contributed by atoms with Crippen molar-refractivity contribution in [1.29, 1.82) is 0 Å². The van der Waals surface area contributed by atoms with Crippen LogP contribution in [-0.4, -0.2) is 29.7 Å². The van der Waals surface area contributed by atoms with Gasteiger partial charge >= 0.3 is 6.18 Å². The number of H-pyrrole nitrogens is 1. The number of methoxy groups -OCH3 is 1. The van der Waals surface area contributed by atoms with Gasteiger partial charge in [-0.2, -0.15) is 18.3 Å². The summed E-state index contributed by atoms with van der Waals surface area (Å²) in [5.74, 6) is -2.58. The summed E-state index contributed by atoms with van der Waals surface area (Å²) in [7, 11) is 1.29. The summed E-state index contributed by atoms with van der Waals surface area (Å²) in [5.41, 5.74) is 0.117. The average Bonchev–Trinajstić information content (AvgIpc) is 3.14. The summed E-state index contributed by atoms with van der Waals surface area (Å²) < 4.78 is 60.7. The van der Waals surface area contributed by atoms with Gasteiger partial charge in [-0.3, -0.25) is 10.1 Å². The highest BCUT2D eigenvalue weighted by molar-refractivity contribution is 6.34. The van der Waals surface area contributed by atoms with E-state index in [1.807, 2.05) is 0 Å². The van der Waals surface area contributed by atoms with Crippen molar-refractivity contribution in [3.8, 4) is 5.75 Å². The van der Waals surface area contributed by atoms with E-state index in [9.17, 15) is 17.6 Å². The molecule has 0 saturated carbocycles. The molecule has 1 atom stereocenters. The van der Waals surface area contributed by atoms with Crippen molar-refractivity contribution < 1.29 is 22.3 Å². The zero-order valence-corrected chi connectivity index (χ0v) is 17.3. The minimum absolute atomic E-state index is 0.0634. The third kappa shape index (κ3) is 4.43. The molecule has 0 spiro atoms. The predicted octanol–water partition coefficient (Wildman–Crippen LogP) is 6.61. The number of rotatable bonds is 6. The van der Waals surface area contributed by atoms with Crippen LogP contribution < -0.4 is 4.74 Å². The van der Waals surface area contributed by atoms with E-state index in [1.54, 1.807) is 32.0 Å². The van der Waals surface area contributed by atoms with Crippen LogP contribution in [0.4, 0.5) is 23.2 Å². The fraction of sp³-hybridized carbons (Fsp3) is 0.333. The van der Waals surface area contributed by atoms with Crippen LogP contribution in [0.3, 0.4) is 0 Å². The van der Waals surface area contributed by atoms with Gasteiger partial charge in [0, 0.05) is 17.2 Å². The fourth-order valence-corrected chi connectivity index (χ4v) is 3.65. The lowest BCUT2D eigenvalue weighted by Gasteiger charge is -2.31. The second kappa shape index (κ2) is 8.26. The zero-order chi connectivity index (χ0) is 22.1. The van der Waals surface area contributed by atoms with Gasteiger partial charge in [-0.25, -0.2) is 4.39 Å². The maximum absolute atomic E-state index is 14.1. The van der Waals surface area contributed by atoms with Crippen LogP contribution in [0.1, 0.15) is 25.8 Å². The molecule has 1 heterocycles. The first-order valence-corrected chi connectivity index (χ1v) is 9.48. The number of nitrogens with zero attached hydrogens (tertiary/aromatic N) is 2. The normalized spacial score (nSPS) is 13.9. The number of aromatic amines is 1. The Hall–Kier alpha value is -2.61. The average molecular weight is 442 g/mol. The Morgan fingerprint density at radius 1 is 1.23 bits per heavy atom. The predicted molar refractivity (Wildman–Crippen MR) is 109 cm³/mol. The van der Waals surface area contributed by atoms with Crippen molar-refractivity contribution in [3.05, 3.63) is 52.9 Å². The number of alkyl halides is 3. The fourth-order valence-electron chi connectivity index (χ4n) is 3.43. The zero-order valence-electron chi connectivity index (χ0n) is 16.5. The van der Waals surface area contributed by atoms with Gasteiger partial charge in [-0.05, 0) is 30.0 Å². The summed E-state index contributed by atoms with van der Waals surface area (Å²) in [6.45, 7) is 3.22. The van der Waals surface area contributed by atoms with Gasteiger partial charge in [0.1, 0.15) is 0 Å². The highest BCUT2D eigenvalue weighted by Gasteiger charge is 2.43. The molecule has 30 heavy (non-hydrogen) atoms. The third-order valence-electron chi connectivity index (χ3n) is 4.98. The topological polar surface area (TPSA) is 50.3 Å². The van der Waals surface area contributed by atoms with E-state index in [4.69, 9.17) is 16.3 Å². The first-order chi connectivity index (χ1) is 14.0. The van der Waals surface area contributed by atoms with Crippen molar-refractivity contribution in [2.45, 2.75) is 31.9 Å². The number of hydrogen-bond acceptors (Lipinski definition) is 3. The van der Waals surface area contributed by atoms with Gasteiger partial charge in [0.15, 0.2) is 11.6 Å². The lowest BCUT2D eigenvalue weighted by molar-refractivity contribution is -0.158. The molecular weight excluding hydrogens is 422 g/mol. The molecule has 4 nitrogen and oxygen atoms in total. The van der Waals surface area contributed by atoms with Gasteiger partial charge in [-0.15, -0.1) is 0 Å². The monoisotopic (exact) mass is 441 g/mol. The van der Waals surface area contributed by atoms with Crippen molar-refractivity contribution in [1.82, 2.24) is 10.2 Å². The SMILES string of the molecule is COc1c(F)cccc1C(C)(C)CC(C=Nc1c(Cl)ccc2[nH]ncc12)C(F)(F)F. The van der Waals surface area contributed by atoms with Gasteiger partial charge in [0.2, 0.25) is 0 Å². The quantitative estimate of drug-likeness (QED) is 0.345. The summed E-state index contributed by atoms with van der Waals surface area (Å²) in [6.07, 6.45) is -2.61. The maximum atomic E-state index is 14.1. The van der Waals surface area contributed by atoms with E-state index in [1.165, 1.54) is 25.4 Å². The third-order valence-corrected chi connectivity index (χ3v) is 5.29. The van der Waals surface area contributed by atoms with Crippen LogP contribution in [0, 0.1) is 11.7 Å². The maximum Gasteiger partial charge on any atom is 0.396 e. The molecular formula is C21H20ClF4N3O. The molecule has 9 heteroatoms. The van der Waals surface area contributed by atoms with E-state index < -0.39 is 23.3 Å². The molecule has 0 aliphatic carbocycles. The summed E-state index contributed by atoms with van der Waals surface area (Å²) in [5, 5.41) is 7.34. The first-order valence-electron chi connectivity index (χ1n) is 9.10. The Bertz CT molecular complexity index is 1080. The van der Waals surface area contributed by atoms with E-state index in [0.717, 1.165) is 6.21 Å². The Labute approximate surface area is 175 Å². The van der Waals surface area contributed by atoms with Crippen LogP contribution in [-0.2, 0) is 5.41 Å². The number of hydrogen-bond donors (Lipinski definition) is 1. The number of benzene rings is 2. The molecule has 2 aromatic carbocycles. The molecule has 0 bridgehead atoms. The smallest absolute Gasteiger partial charge is 0.396 e. The number of para-hydroxylation sites is 1. The Kier molecular flexibility index (Phi) is 6.08. The van der Waals surface area contributed by atoms with Gasteiger partial charge in [0.05, 0.1) is 35.5 Å². The molecule has 3 rings (SSSR count). The molecule has 0 aliphatic rings. The molecule has 1 N–H and O–H groups in total. The molecule has 0 amide bonds. The number of ether oxygens (including phenoxy) is 1. The van der Waals surface area contributed by atoms with Gasteiger partial charge < -0.3 is 4.74 Å². The number of aromatic nitrogens is 2. The summed E-state index contributed by atoms with van der Waals surface area (Å²) in [6, 6.07) is 7.43. The van der Waals surface area contributed by atoms with E-state index in [0.29, 0.717) is 16.5 Å². The number of fused-ring (bicyclic) bond motifs is 1. The summed E-state index contributed by atoms with van der Waals surface area (Å²) >= 11 is 6.15. The Morgan fingerprint density at radius 2 is 1.97 bits per heavy atom. The molecule has 3 aromatic rings. The molecule has 1 unspecified atom stereocenters. The Balaban J connectivity index is 1.98. The molecule has 0 fully saturated rings. The number of nitrogens with one attached hydrogen (secondary N) is 1. The molecule has 1 aromatic heterocycles. The van der Waals surface area contributed by atoms with Crippen LogP contribution in [0.2, 0.25) is 5.02 Å². The van der Waals surface area contributed by atoms with Crippen molar-refractivity contribution >= 4 is 34.4 Å². The second-order valence-corrected chi connectivity index (χ2v) is 7.97. The van der Waals surface area contributed by atoms with Crippen molar-refractivity contribution in [3.63, 3.8) is 0 Å². The first kappa shape index (κ1) is 22.1. The van der Waals surface area contributed by atoms with Crippen molar-refractivity contribution in [2.75, 3.05) is 7.11 Å². The standard InChI is InChI=1S/C21H20ClF4N3O/c1-20(2,14-5-4-6-16(23)19(14)30-3)9-12(21(24,25)26)10-27-18-13-11-28-29-17(13)8-7-15(18)22/h4-8,10-12H,9H2,1-3H3,(H,28,29). The minimum Gasteiger partial charge on any atom is -0.493 e. The Morgan fingerprint density at radius 3 is 2.63 bits per heavy atom. The molecule has 0 radical (unpaired) electrons. The highest BCUT2D eigenvalue weighted by Crippen LogP contribution is 2.42. The van der Waals surface area contributed by atoms with Crippen LogP contribution >= 0.6 is 11.6 Å². The lowest BCUT2D eigenvalue weighted by atomic mass is 9.76. The lowest BCUT2D eigenvalue weighted by Crippen LogP contribution is -2.32. The van der Waals surface area contributed by atoms with Crippen LogP contribution in [0.5, 0.6) is 5.75 Å². The van der Waals surface area contributed by atoms with Crippen LogP contribution in [0.15, 0.2) is 41.5 Å². The highest BCUT2D eigenvalue weighted by atomic mass is 35.5. The largest absolute Gasteiger partial charge is 0.493 e. The minimum atomic E-state index is -4.56. The van der Waals surface area contributed by atoms with E-state index in [-0.39, 0.29) is 22.9 Å². The van der Waals surface area contributed by atoms with Gasteiger partial charge in [-0.1, -0.05) is 37.6 Å². The van der Waals surface area contributed by atoms with Crippen LogP contribution in [0.25, 0.3) is 10.9 Å². The van der Waals surface area contributed by atoms with E-state index >= 15 is 0 Å².